The summed E-state index contributed by atoms with van der Waals surface area (Å²) in [5, 5.41) is 12.6. The molecule has 0 bridgehead atoms. The molecule has 16 nitrogen and oxygen atoms in total. The van der Waals surface area contributed by atoms with Crippen LogP contribution in [0.15, 0.2) is 91.0 Å². The van der Waals surface area contributed by atoms with Gasteiger partial charge in [-0.2, -0.15) is 0 Å². The van der Waals surface area contributed by atoms with Crippen LogP contribution in [0.25, 0.3) is 0 Å². The molecule has 2 N–H and O–H groups in total. The van der Waals surface area contributed by atoms with Gasteiger partial charge in [0.2, 0.25) is 5.91 Å². The van der Waals surface area contributed by atoms with Gasteiger partial charge in [-0.25, -0.2) is 19.2 Å². The van der Waals surface area contributed by atoms with Crippen molar-refractivity contribution in [3.63, 3.8) is 0 Å². The van der Waals surface area contributed by atoms with Crippen LogP contribution in [-0.2, 0) is 41.8 Å². The van der Waals surface area contributed by atoms with Gasteiger partial charge in [0.15, 0.2) is 0 Å². The molecule has 332 valence electrons. The number of anilines is 1. The molecule has 4 heterocycles. The summed E-state index contributed by atoms with van der Waals surface area (Å²) in [5.74, 6) is -2.76. The minimum atomic E-state index is -1.04. The highest BCUT2D eigenvalue weighted by atomic mass is 16.6. The number of aliphatic carboxylic acids is 1. The molecule has 7 rings (SSSR count). The molecule has 3 aromatic carbocycles. The molecule has 62 heavy (non-hydrogen) atoms. The van der Waals surface area contributed by atoms with E-state index < -0.39 is 71.5 Å². The van der Waals surface area contributed by atoms with E-state index in [4.69, 9.17) is 18.9 Å². The predicted octanol–water partition coefficient (Wildman–Crippen LogP) is 6.99. The number of benzene rings is 3. The van der Waals surface area contributed by atoms with Gasteiger partial charge >= 0.3 is 30.3 Å². The summed E-state index contributed by atoms with van der Waals surface area (Å²) < 4.78 is 22.0. The maximum atomic E-state index is 13.3. The Morgan fingerprint density at radius 2 is 0.952 bits per heavy atom. The summed E-state index contributed by atoms with van der Waals surface area (Å²) >= 11 is 0. The van der Waals surface area contributed by atoms with E-state index in [0.29, 0.717) is 31.6 Å². The lowest BCUT2D eigenvalue weighted by molar-refractivity contribution is -0.142. The Bertz CT molecular complexity index is 2060. The van der Waals surface area contributed by atoms with Gasteiger partial charge in [-0.3, -0.25) is 9.59 Å². The van der Waals surface area contributed by atoms with Crippen LogP contribution in [0.5, 0.6) is 0 Å². The second-order valence-electron chi connectivity index (χ2n) is 17.8. The van der Waals surface area contributed by atoms with E-state index >= 15 is 0 Å². The van der Waals surface area contributed by atoms with Gasteiger partial charge in [0, 0.05) is 31.9 Å². The van der Waals surface area contributed by atoms with E-state index in [-0.39, 0.29) is 38.3 Å². The van der Waals surface area contributed by atoms with Crippen molar-refractivity contribution in [3.8, 4) is 0 Å². The quantitative estimate of drug-likeness (QED) is 0.234. The molecule has 0 unspecified atom stereocenters. The van der Waals surface area contributed by atoms with Crippen LogP contribution >= 0.6 is 0 Å². The highest BCUT2D eigenvalue weighted by molar-refractivity contribution is 5.94. The monoisotopic (exact) mass is 855 g/mol. The third-order valence-electron chi connectivity index (χ3n) is 11.1. The molecule has 0 saturated carbocycles. The second-order valence-corrected chi connectivity index (χ2v) is 17.8. The third kappa shape index (κ3) is 11.1. The summed E-state index contributed by atoms with van der Waals surface area (Å²) in [4.78, 5) is 82.3. The van der Waals surface area contributed by atoms with Crippen LogP contribution in [0.2, 0.25) is 0 Å². The first kappa shape index (κ1) is 45.2. The van der Waals surface area contributed by atoms with E-state index in [1.807, 2.05) is 78.9 Å². The molecule has 4 saturated heterocycles. The van der Waals surface area contributed by atoms with Crippen LogP contribution in [0.1, 0.15) is 65.5 Å². The van der Waals surface area contributed by atoms with Crippen molar-refractivity contribution < 1.29 is 52.8 Å². The first-order valence-corrected chi connectivity index (χ1v) is 20.9. The highest BCUT2D eigenvalue weighted by Crippen LogP contribution is 2.39. The molecular weight excluding hydrogens is 799 g/mol. The van der Waals surface area contributed by atoms with Crippen molar-refractivity contribution in [1.29, 1.82) is 0 Å². The van der Waals surface area contributed by atoms with Gasteiger partial charge in [-0.15, -0.1) is 0 Å². The van der Waals surface area contributed by atoms with Gasteiger partial charge < -0.3 is 49.0 Å². The standard InChI is InChI=1S/C26H31N3O5.C20H26N2O6/c1-26(2,3)34-25(32)28-15-14-21-22(28)20(23(30)27-19-12-8-5-9-13-19)16-29(21)24(31)33-17-18-10-6-4-7-11-18;1-20(2,3)28-19(26)21-10-9-15-16(21)14(17(23)24)11-22(15)18(25)27-12-13-7-5-4-6-8-13/h4-13,20-22H,14-17H2,1-3H3,(H,27,30);4-8,14-16H,9-12H2,1-3H3,(H,23,24)/t20-,21+,22+;14-,15+,16+/m00/s1. The lowest BCUT2D eigenvalue weighted by Gasteiger charge is -2.30. The summed E-state index contributed by atoms with van der Waals surface area (Å²) in [7, 11) is 0. The zero-order valence-electron chi connectivity index (χ0n) is 36.1. The molecule has 0 spiro atoms. The Kier molecular flexibility index (Phi) is 14.0. The molecule has 3 aromatic rings. The number of ether oxygens (including phenoxy) is 4. The van der Waals surface area contributed by atoms with Gasteiger partial charge in [0.05, 0.1) is 36.0 Å². The third-order valence-corrected chi connectivity index (χ3v) is 11.1. The first-order chi connectivity index (χ1) is 29.4. The smallest absolute Gasteiger partial charge is 0.410 e. The molecule has 4 aliphatic heterocycles. The van der Waals surface area contributed by atoms with Crippen molar-refractivity contribution >= 4 is 41.9 Å². The van der Waals surface area contributed by atoms with Crippen molar-refractivity contribution in [2.24, 2.45) is 11.8 Å². The molecular formula is C46H57N5O11. The lowest BCUT2D eigenvalue weighted by atomic mass is 9.98. The lowest BCUT2D eigenvalue weighted by Crippen LogP contribution is -2.47. The number of carboxylic acid groups (broad SMARTS) is 1. The molecule has 0 aliphatic carbocycles. The van der Waals surface area contributed by atoms with Crippen molar-refractivity contribution in [3.05, 3.63) is 102 Å². The molecule has 4 fully saturated rings. The summed E-state index contributed by atoms with van der Waals surface area (Å²) in [6.07, 6.45) is -1.02. The maximum absolute atomic E-state index is 13.3. The highest BCUT2D eigenvalue weighted by Gasteiger charge is 2.57. The number of para-hydroxylation sites is 1. The zero-order chi connectivity index (χ0) is 44.8. The molecule has 16 heteroatoms. The Morgan fingerprint density at radius 3 is 1.35 bits per heavy atom. The Balaban J connectivity index is 0.000000211. The molecule has 0 radical (unpaired) electrons. The first-order valence-electron chi connectivity index (χ1n) is 20.9. The number of amides is 5. The molecule has 5 amide bonds. The summed E-state index contributed by atoms with van der Waals surface area (Å²) in [5.41, 5.74) is 1.05. The van der Waals surface area contributed by atoms with Crippen LogP contribution in [0.4, 0.5) is 24.9 Å². The van der Waals surface area contributed by atoms with Crippen molar-refractivity contribution in [2.45, 2.75) is 103 Å². The Morgan fingerprint density at radius 1 is 0.565 bits per heavy atom. The number of hydrogen-bond donors (Lipinski definition) is 2. The fourth-order valence-electron chi connectivity index (χ4n) is 8.47. The van der Waals surface area contributed by atoms with E-state index in [2.05, 4.69) is 5.32 Å². The average molecular weight is 856 g/mol. The SMILES string of the molecule is CC(C)(C)OC(=O)N1CC[C@@H]2[C@H]1[C@@H](C(=O)Nc1ccccc1)CN2C(=O)OCc1ccccc1.CC(C)(C)OC(=O)N1CC[C@@H]2[C@H]1[C@@H](C(=O)O)CN2C(=O)OCc1ccccc1. The van der Waals surface area contributed by atoms with E-state index in [1.54, 1.807) is 63.5 Å². The summed E-state index contributed by atoms with van der Waals surface area (Å²) in [6, 6.07) is 26.0. The van der Waals surface area contributed by atoms with E-state index in [9.17, 15) is 33.9 Å². The number of rotatable bonds is 7. The number of carboxylic acids is 1. The molecule has 0 aromatic heterocycles. The second kappa shape index (κ2) is 19.2. The Hall–Kier alpha value is -6.32. The number of likely N-dealkylation sites (tertiary alicyclic amines) is 4. The Labute approximate surface area is 362 Å². The maximum Gasteiger partial charge on any atom is 0.410 e. The topological polar surface area (TPSA) is 185 Å². The number of carbonyl (C=O) groups excluding carboxylic acids is 5. The van der Waals surface area contributed by atoms with Crippen LogP contribution in [-0.4, -0.2) is 123 Å². The average Bonchev–Trinajstić information content (AvgIpc) is 4.01. The largest absolute Gasteiger partial charge is 0.481 e. The van der Waals surface area contributed by atoms with Crippen molar-refractivity contribution in [2.75, 3.05) is 31.5 Å². The fraction of sp³-hybridized carbons (Fsp3) is 0.478. The van der Waals surface area contributed by atoms with E-state index in [0.717, 1.165) is 11.1 Å². The van der Waals surface area contributed by atoms with Crippen LogP contribution in [0.3, 0.4) is 0 Å². The van der Waals surface area contributed by atoms with Gasteiger partial charge in [-0.1, -0.05) is 78.9 Å². The number of fused-ring (bicyclic) bond motifs is 2. The van der Waals surface area contributed by atoms with E-state index in [1.165, 1.54) is 9.80 Å². The van der Waals surface area contributed by atoms with Crippen LogP contribution in [0, 0.1) is 11.8 Å². The number of carbonyl (C=O) groups is 6. The minimum absolute atomic E-state index is 0.0115. The van der Waals surface area contributed by atoms with Gasteiger partial charge in [0.1, 0.15) is 24.4 Å². The predicted molar refractivity (Wildman–Crippen MR) is 227 cm³/mol. The van der Waals surface area contributed by atoms with Crippen molar-refractivity contribution in [1.82, 2.24) is 19.6 Å². The van der Waals surface area contributed by atoms with Gasteiger partial charge in [0.25, 0.3) is 0 Å². The number of hydrogen-bond acceptors (Lipinski definition) is 10. The summed E-state index contributed by atoms with van der Waals surface area (Å²) in [6.45, 7) is 11.9. The molecule has 6 atom stereocenters. The normalized spacial score (nSPS) is 22.7. The number of nitrogens with zero attached hydrogens (tertiary/aromatic N) is 4. The van der Waals surface area contributed by atoms with Crippen LogP contribution < -0.4 is 5.32 Å². The zero-order valence-corrected chi connectivity index (χ0v) is 36.1. The minimum Gasteiger partial charge on any atom is -0.481 e. The van der Waals surface area contributed by atoms with Gasteiger partial charge in [-0.05, 0) is 77.6 Å². The molecule has 4 aliphatic rings. The fourth-order valence-corrected chi connectivity index (χ4v) is 8.47. The number of nitrogens with one attached hydrogen (secondary N) is 1.